The second-order valence-electron chi connectivity index (χ2n) is 11.6. The molecule has 43 heavy (non-hydrogen) atoms. The quantitative estimate of drug-likeness (QED) is 0.196. The lowest BCUT2D eigenvalue weighted by Crippen LogP contribution is -2.33. The fraction of sp³-hybridized carbons (Fsp3) is 0.132. The highest BCUT2D eigenvalue weighted by Gasteiger charge is 2.28. The molecular formula is C38H32N4O. The van der Waals surface area contributed by atoms with E-state index in [9.17, 15) is 0 Å². The summed E-state index contributed by atoms with van der Waals surface area (Å²) in [6, 6.07) is 40.7. The maximum absolute atomic E-state index is 6.54. The van der Waals surface area contributed by atoms with Gasteiger partial charge in [-0.15, -0.1) is 0 Å². The first-order chi connectivity index (χ1) is 21.0. The van der Waals surface area contributed by atoms with E-state index < -0.39 is 0 Å². The van der Waals surface area contributed by atoms with Gasteiger partial charge in [-0.25, -0.2) is 4.98 Å². The second-order valence-corrected chi connectivity index (χ2v) is 11.6. The van der Waals surface area contributed by atoms with E-state index in [1.807, 2.05) is 6.07 Å². The lowest BCUT2D eigenvalue weighted by Gasteiger charge is -2.25. The Balaban J connectivity index is 1.21. The number of aryl methyl sites for hydroxylation is 1. The van der Waals surface area contributed by atoms with Gasteiger partial charge in [-0.1, -0.05) is 60.7 Å². The summed E-state index contributed by atoms with van der Waals surface area (Å²) in [4.78, 5) is 9.96. The molecule has 2 aromatic heterocycles. The minimum Gasteiger partial charge on any atom is -0.457 e. The molecule has 7 aromatic rings. The summed E-state index contributed by atoms with van der Waals surface area (Å²) in [7, 11) is 0. The molecule has 5 aromatic carbocycles. The number of hydrogen-bond acceptors (Lipinski definition) is 4. The van der Waals surface area contributed by atoms with Crippen molar-refractivity contribution in [2.75, 3.05) is 16.5 Å². The first-order valence-electron chi connectivity index (χ1n) is 14.9. The highest BCUT2D eigenvalue weighted by molar-refractivity contribution is 6.12. The van der Waals surface area contributed by atoms with Gasteiger partial charge in [-0.05, 0) is 80.3 Å². The third-order valence-corrected chi connectivity index (χ3v) is 8.58. The van der Waals surface area contributed by atoms with E-state index in [0.29, 0.717) is 6.04 Å². The minimum atomic E-state index is 0.407. The SMILES string of the molecule is Cc1ccccc1-c1cn2c3ccccc3c3ccc(Oc4cccc(N5CN(C(C)C)c6ccccc65)c4)cc3c2n1. The number of rotatable bonds is 5. The Morgan fingerprint density at radius 3 is 2.33 bits per heavy atom. The van der Waals surface area contributed by atoms with Gasteiger partial charge in [0.15, 0.2) is 0 Å². The number of imidazole rings is 1. The van der Waals surface area contributed by atoms with E-state index in [4.69, 9.17) is 9.72 Å². The zero-order valence-electron chi connectivity index (χ0n) is 24.5. The van der Waals surface area contributed by atoms with Crippen molar-refractivity contribution in [3.63, 3.8) is 0 Å². The molecule has 3 heterocycles. The normalized spacial score (nSPS) is 13.0. The molecule has 1 aliphatic rings. The molecule has 8 rings (SSSR count). The van der Waals surface area contributed by atoms with Gasteiger partial charge in [0.25, 0.3) is 0 Å². The number of fused-ring (bicyclic) bond motifs is 7. The van der Waals surface area contributed by atoms with Crippen LogP contribution >= 0.6 is 0 Å². The van der Waals surface area contributed by atoms with E-state index >= 15 is 0 Å². The van der Waals surface area contributed by atoms with Crippen molar-refractivity contribution < 1.29 is 4.74 Å². The Morgan fingerprint density at radius 1 is 0.698 bits per heavy atom. The molecule has 0 amide bonds. The number of ether oxygens (including phenoxy) is 1. The zero-order valence-corrected chi connectivity index (χ0v) is 24.5. The van der Waals surface area contributed by atoms with E-state index in [0.717, 1.165) is 57.0 Å². The van der Waals surface area contributed by atoms with Crippen molar-refractivity contribution in [1.29, 1.82) is 0 Å². The Morgan fingerprint density at radius 2 is 1.47 bits per heavy atom. The Hall–Kier alpha value is -5.29. The summed E-state index contributed by atoms with van der Waals surface area (Å²) < 4.78 is 8.76. The van der Waals surface area contributed by atoms with Crippen molar-refractivity contribution in [2.24, 2.45) is 0 Å². The summed E-state index contributed by atoms with van der Waals surface area (Å²) >= 11 is 0. The summed E-state index contributed by atoms with van der Waals surface area (Å²) in [6.45, 7) is 7.43. The molecule has 5 nitrogen and oxygen atoms in total. The van der Waals surface area contributed by atoms with Crippen LogP contribution in [0.4, 0.5) is 17.1 Å². The van der Waals surface area contributed by atoms with Gasteiger partial charge in [0.1, 0.15) is 17.1 Å². The molecule has 0 aliphatic carbocycles. The van der Waals surface area contributed by atoms with Crippen LogP contribution in [0.1, 0.15) is 19.4 Å². The third kappa shape index (κ3) is 4.19. The lowest BCUT2D eigenvalue weighted by molar-refractivity contribution is 0.483. The van der Waals surface area contributed by atoms with Crippen LogP contribution in [0.15, 0.2) is 121 Å². The average molecular weight is 561 g/mol. The van der Waals surface area contributed by atoms with Crippen molar-refractivity contribution in [3.8, 4) is 22.8 Å². The van der Waals surface area contributed by atoms with Gasteiger partial charge >= 0.3 is 0 Å². The first kappa shape index (κ1) is 25.4. The lowest BCUT2D eigenvalue weighted by atomic mass is 10.1. The molecule has 0 unspecified atom stereocenters. The van der Waals surface area contributed by atoms with E-state index in [-0.39, 0.29) is 0 Å². The topological polar surface area (TPSA) is 33.0 Å². The molecule has 0 bridgehead atoms. The molecule has 0 saturated heterocycles. The van der Waals surface area contributed by atoms with Crippen LogP contribution in [0.2, 0.25) is 0 Å². The predicted molar refractivity (Wildman–Crippen MR) is 178 cm³/mol. The maximum Gasteiger partial charge on any atom is 0.146 e. The van der Waals surface area contributed by atoms with Crippen molar-refractivity contribution in [1.82, 2.24) is 9.38 Å². The van der Waals surface area contributed by atoms with Crippen LogP contribution in [0.5, 0.6) is 11.5 Å². The molecule has 0 fully saturated rings. The van der Waals surface area contributed by atoms with Crippen LogP contribution < -0.4 is 14.5 Å². The summed E-state index contributed by atoms with van der Waals surface area (Å²) in [5.41, 5.74) is 8.98. The Kier molecular flexibility index (Phi) is 5.86. The number of pyridine rings is 1. The first-order valence-corrected chi connectivity index (χ1v) is 14.9. The summed E-state index contributed by atoms with van der Waals surface area (Å²) in [5.74, 6) is 1.59. The number of para-hydroxylation sites is 3. The smallest absolute Gasteiger partial charge is 0.146 e. The van der Waals surface area contributed by atoms with E-state index in [1.54, 1.807) is 0 Å². The zero-order chi connectivity index (χ0) is 29.1. The third-order valence-electron chi connectivity index (χ3n) is 8.58. The predicted octanol–water partition coefficient (Wildman–Crippen LogP) is 9.73. The van der Waals surface area contributed by atoms with Crippen LogP contribution in [-0.4, -0.2) is 22.1 Å². The maximum atomic E-state index is 6.54. The number of anilines is 3. The molecule has 210 valence electrons. The van der Waals surface area contributed by atoms with Crippen LogP contribution in [-0.2, 0) is 0 Å². The van der Waals surface area contributed by atoms with E-state index in [2.05, 4.69) is 150 Å². The monoisotopic (exact) mass is 560 g/mol. The largest absolute Gasteiger partial charge is 0.457 e. The summed E-state index contributed by atoms with van der Waals surface area (Å²) in [5, 5.41) is 3.41. The fourth-order valence-corrected chi connectivity index (χ4v) is 6.42. The van der Waals surface area contributed by atoms with Gasteiger partial charge in [0.2, 0.25) is 0 Å². The molecular weight excluding hydrogens is 528 g/mol. The standard InChI is InChI=1S/C38H32N4O/c1-25(2)41-24-42(37-18-9-8-17-36(37)41)27-12-10-13-28(21-27)43-29-19-20-31-32-15-6-7-16-35(32)40-23-34(39-38(40)33(31)22-29)30-14-5-4-11-26(30)3/h4-23,25H,24H2,1-3H3. The highest BCUT2D eigenvalue weighted by Crippen LogP contribution is 2.42. The molecule has 0 radical (unpaired) electrons. The fourth-order valence-electron chi connectivity index (χ4n) is 6.42. The van der Waals surface area contributed by atoms with Crippen molar-refractivity contribution >= 4 is 44.4 Å². The van der Waals surface area contributed by atoms with Gasteiger partial charge < -0.3 is 14.5 Å². The van der Waals surface area contributed by atoms with Gasteiger partial charge in [0.05, 0.1) is 29.3 Å². The van der Waals surface area contributed by atoms with Crippen LogP contribution in [0, 0.1) is 6.92 Å². The van der Waals surface area contributed by atoms with Crippen LogP contribution in [0.3, 0.4) is 0 Å². The van der Waals surface area contributed by atoms with Crippen molar-refractivity contribution in [3.05, 3.63) is 127 Å². The van der Waals surface area contributed by atoms with Gasteiger partial charge in [-0.3, -0.25) is 4.40 Å². The number of nitrogens with zero attached hydrogens (tertiary/aromatic N) is 4. The molecule has 1 aliphatic heterocycles. The van der Waals surface area contributed by atoms with Gasteiger partial charge in [0, 0.05) is 40.3 Å². The van der Waals surface area contributed by atoms with Crippen LogP contribution in [0.25, 0.3) is 38.6 Å². The number of benzene rings is 5. The van der Waals surface area contributed by atoms with Crippen molar-refractivity contribution in [2.45, 2.75) is 26.8 Å². The van der Waals surface area contributed by atoms with Gasteiger partial charge in [-0.2, -0.15) is 0 Å². The minimum absolute atomic E-state index is 0.407. The molecule has 0 N–H and O–H groups in total. The summed E-state index contributed by atoms with van der Waals surface area (Å²) in [6.07, 6.45) is 2.16. The Bertz CT molecular complexity index is 2160. The molecule has 0 saturated carbocycles. The molecule has 0 spiro atoms. The highest BCUT2D eigenvalue weighted by atomic mass is 16.5. The van der Waals surface area contributed by atoms with E-state index in [1.165, 1.54) is 22.3 Å². The average Bonchev–Trinajstić information content (AvgIpc) is 3.65. The number of hydrogen-bond donors (Lipinski definition) is 0. The second kappa shape index (κ2) is 9.92. The number of aromatic nitrogens is 2. The molecule has 5 heteroatoms. The Labute approximate surface area is 251 Å². The molecule has 0 atom stereocenters.